The van der Waals surface area contributed by atoms with Gasteiger partial charge in [0.1, 0.15) is 0 Å². The van der Waals surface area contributed by atoms with Crippen LogP contribution in [-0.2, 0) is 0 Å². The van der Waals surface area contributed by atoms with E-state index in [1.807, 2.05) is 16.7 Å². The van der Waals surface area contributed by atoms with Crippen LogP contribution in [-0.4, -0.2) is 9.76 Å². The van der Waals surface area contributed by atoms with Gasteiger partial charge in [0.05, 0.1) is 17.6 Å². The second-order valence-corrected chi connectivity index (χ2v) is 2.45. The Labute approximate surface area is 55.3 Å². The van der Waals surface area contributed by atoms with Gasteiger partial charge in [-0.3, -0.25) is 4.31 Å². The molecule has 0 unspecified atom stereocenters. The average Bonchev–Trinajstić information content (AvgIpc) is 2.14. The zero-order chi connectivity index (χ0) is 5.11. The van der Waals surface area contributed by atoms with E-state index in [9.17, 15) is 0 Å². The zero-order valence-electron chi connectivity index (χ0n) is 3.60. The van der Waals surface area contributed by atoms with Gasteiger partial charge in [0.25, 0.3) is 0 Å². The van der Waals surface area contributed by atoms with Crippen molar-refractivity contribution in [3.63, 3.8) is 0 Å². The molecule has 0 saturated carbocycles. The first-order valence-corrected chi connectivity index (χ1v) is 3.75. The molecule has 4 heteroatoms. The SMILES string of the molecule is BrCN1C=CNS1. The normalized spacial score (nSPS) is 17.6. The molecule has 0 radical (unpaired) electrons. The maximum atomic E-state index is 3.29. The summed E-state index contributed by atoms with van der Waals surface area (Å²) in [5.41, 5.74) is 0.876. The summed E-state index contributed by atoms with van der Waals surface area (Å²) >= 11 is 4.86. The Kier molecular flexibility index (Phi) is 1.87. The molecule has 7 heavy (non-hydrogen) atoms. The fourth-order valence-corrected chi connectivity index (χ4v) is 1.21. The molecule has 1 aliphatic heterocycles. The molecule has 40 valence electrons. The molecule has 0 aromatic rings. The molecule has 0 spiro atoms. The molecular formula is C3H5BrN2S. The summed E-state index contributed by atoms with van der Waals surface area (Å²) in [6.45, 7) is 0. The molecule has 2 nitrogen and oxygen atoms in total. The molecule has 1 heterocycles. The summed E-state index contributed by atoms with van der Waals surface area (Å²) in [7, 11) is 0. The topological polar surface area (TPSA) is 15.3 Å². The van der Waals surface area contributed by atoms with Crippen LogP contribution in [0.2, 0.25) is 0 Å². The van der Waals surface area contributed by atoms with E-state index in [-0.39, 0.29) is 0 Å². The molecule has 0 fully saturated rings. The van der Waals surface area contributed by atoms with Crippen molar-refractivity contribution in [2.75, 3.05) is 5.45 Å². The highest BCUT2D eigenvalue weighted by Gasteiger charge is 1.99. The fourth-order valence-electron chi connectivity index (χ4n) is 0.306. The molecule has 1 rings (SSSR count). The smallest absolute Gasteiger partial charge is 0.0857 e. The quantitative estimate of drug-likeness (QED) is 0.372. The largest absolute Gasteiger partial charge is 0.317 e. The number of nitrogens with zero attached hydrogens (tertiary/aromatic N) is 1. The third kappa shape index (κ3) is 1.28. The summed E-state index contributed by atoms with van der Waals surface area (Å²) in [5.74, 6) is 0. The number of halogens is 1. The number of hydrogen-bond donors (Lipinski definition) is 1. The van der Waals surface area contributed by atoms with E-state index < -0.39 is 0 Å². The Morgan fingerprint density at radius 1 is 1.86 bits per heavy atom. The van der Waals surface area contributed by atoms with Gasteiger partial charge in [-0.15, -0.1) is 0 Å². The van der Waals surface area contributed by atoms with Gasteiger partial charge in [-0.05, 0) is 0 Å². The minimum absolute atomic E-state index is 0.876. The first kappa shape index (κ1) is 5.31. The lowest BCUT2D eigenvalue weighted by atomic mass is 10.9. The second-order valence-electron chi connectivity index (χ2n) is 1.06. The van der Waals surface area contributed by atoms with E-state index in [0.29, 0.717) is 0 Å². The number of rotatable bonds is 1. The van der Waals surface area contributed by atoms with Gasteiger partial charge in [0.2, 0.25) is 0 Å². The highest BCUT2D eigenvalue weighted by atomic mass is 79.9. The predicted octanol–water partition coefficient (Wildman–Crippen LogP) is 1.28. The zero-order valence-corrected chi connectivity index (χ0v) is 6.00. The summed E-state index contributed by atoms with van der Waals surface area (Å²) < 4.78 is 4.98. The molecule has 0 atom stereocenters. The van der Waals surface area contributed by atoms with Gasteiger partial charge < -0.3 is 4.72 Å². The summed E-state index contributed by atoms with van der Waals surface area (Å²) in [5, 5.41) is 0. The van der Waals surface area contributed by atoms with Gasteiger partial charge in [-0.1, -0.05) is 15.9 Å². The van der Waals surface area contributed by atoms with Crippen molar-refractivity contribution in [1.82, 2.24) is 9.03 Å². The molecular weight excluding hydrogens is 176 g/mol. The van der Waals surface area contributed by atoms with E-state index in [4.69, 9.17) is 0 Å². The predicted molar refractivity (Wildman–Crippen MR) is 35.5 cm³/mol. The average molecular weight is 181 g/mol. The van der Waals surface area contributed by atoms with Crippen molar-refractivity contribution in [3.05, 3.63) is 12.4 Å². The lowest BCUT2D eigenvalue weighted by molar-refractivity contribution is 0.765. The van der Waals surface area contributed by atoms with Gasteiger partial charge in [0, 0.05) is 12.4 Å². The molecule has 0 aromatic heterocycles. The third-order valence-electron chi connectivity index (χ3n) is 0.597. The van der Waals surface area contributed by atoms with Crippen LogP contribution in [0.5, 0.6) is 0 Å². The molecule has 0 bridgehead atoms. The van der Waals surface area contributed by atoms with E-state index in [1.54, 1.807) is 12.1 Å². The van der Waals surface area contributed by atoms with E-state index in [1.165, 1.54) is 0 Å². The standard InChI is InChI=1S/C3H5BrN2S/c4-3-6-2-1-5-7-6/h1-2,5H,3H2. The Hall–Kier alpha value is 0.170. The summed E-state index contributed by atoms with van der Waals surface area (Å²) in [4.78, 5) is 0. The number of nitrogens with one attached hydrogen (secondary N) is 1. The van der Waals surface area contributed by atoms with Gasteiger partial charge in [0.15, 0.2) is 0 Å². The van der Waals surface area contributed by atoms with Crippen LogP contribution in [0.15, 0.2) is 12.4 Å². The van der Waals surface area contributed by atoms with Crippen LogP contribution >= 0.6 is 28.1 Å². The summed E-state index contributed by atoms with van der Waals surface area (Å²) in [6.07, 6.45) is 3.87. The van der Waals surface area contributed by atoms with Crippen LogP contribution in [0.4, 0.5) is 0 Å². The van der Waals surface area contributed by atoms with Crippen LogP contribution in [0, 0.1) is 0 Å². The van der Waals surface area contributed by atoms with Crippen LogP contribution < -0.4 is 4.72 Å². The molecule has 1 N–H and O–H groups in total. The highest BCUT2D eigenvalue weighted by molar-refractivity contribution is 9.09. The van der Waals surface area contributed by atoms with Crippen molar-refractivity contribution in [3.8, 4) is 0 Å². The first-order chi connectivity index (χ1) is 3.43. The highest BCUT2D eigenvalue weighted by Crippen LogP contribution is 2.12. The van der Waals surface area contributed by atoms with Crippen molar-refractivity contribution < 1.29 is 0 Å². The molecule has 1 aliphatic rings. The Balaban J connectivity index is 2.28. The van der Waals surface area contributed by atoms with Crippen molar-refractivity contribution in [2.24, 2.45) is 0 Å². The van der Waals surface area contributed by atoms with Gasteiger partial charge in [-0.2, -0.15) is 0 Å². The lowest BCUT2D eigenvalue weighted by Gasteiger charge is -2.04. The Bertz CT molecular complexity index is 85.0. The molecule has 0 amide bonds. The van der Waals surface area contributed by atoms with E-state index >= 15 is 0 Å². The minimum atomic E-state index is 0.876. The molecule has 0 saturated heterocycles. The maximum absolute atomic E-state index is 3.29. The Morgan fingerprint density at radius 2 is 2.71 bits per heavy atom. The number of hydrogen-bond acceptors (Lipinski definition) is 3. The lowest BCUT2D eigenvalue weighted by Crippen LogP contribution is -2.01. The van der Waals surface area contributed by atoms with Crippen LogP contribution in [0.3, 0.4) is 0 Å². The van der Waals surface area contributed by atoms with Crippen LogP contribution in [0.25, 0.3) is 0 Å². The fraction of sp³-hybridized carbons (Fsp3) is 0.333. The van der Waals surface area contributed by atoms with Crippen LogP contribution in [0.1, 0.15) is 0 Å². The number of alkyl halides is 1. The Morgan fingerprint density at radius 3 is 3.00 bits per heavy atom. The van der Waals surface area contributed by atoms with Gasteiger partial charge in [-0.25, -0.2) is 0 Å². The first-order valence-electron chi connectivity index (χ1n) is 1.85. The third-order valence-corrected chi connectivity index (χ3v) is 2.20. The van der Waals surface area contributed by atoms with Crippen molar-refractivity contribution in [2.45, 2.75) is 0 Å². The summed E-state index contributed by atoms with van der Waals surface area (Å²) in [6, 6.07) is 0. The van der Waals surface area contributed by atoms with E-state index in [2.05, 4.69) is 20.7 Å². The minimum Gasteiger partial charge on any atom is -0.317 e. The van der Waals surface area contributed by atoms with Crippen molar-refractivity contribution in [1.29, 1.82) is 0 Å². The second kappa shape index (κ2) is 2.47. The maximum Gasteiger partial charge on any atom is 0.0857 e. The van der Waals surface area contributed by atoms with E-state index in [0.717, 1.165) is 5.45 Å². The van der Waals surface area contributed by atoms with Crippen molar-refractivity contribution >= 4 is 28.1 Å². The van der Waals surface area contributed by atoms with Gasteiger partial charge >= 0.3 is 0 Å². The molecule has 0 aliphatic carbocycles. The molecule has 0 aromatic carbocycles. The monoisotopic (exact) mass is 180 g/mol.